The largest absolute Gasteiger partial charge is 0.491 e. The van der Waals surface area contributed by atoms with Gasteiger partial charge in [-0.2, -0.15) is 5.10 Å². The standard InChI is InChI=1S/C35H42Cl2N6O5/c1-3-25(2)43-34(44)42(24-40-43)29-9-5-27(6-10-29)38-14-15-39-28-7-11-30(12-8-28)46-21-31-22-47-35(48-31,23-41-16-18-45-19-17-41)32-13-4-26(36)20-33(32)37/h4-13,20,24-25,31,38-39H,3,14-19,21-23H2,1-2H3/t25?,31-,35-/m1/s1. The number of hydrogen-bond donors (Lipinski definition) is 2. The molecular formula is C35H42Cl2N6O5. The van der Waals surface area contributed by atoms with Crippen LogP contribution in [0.3, 0.4) is 0 Å². The van der Waals surface area contributed by atoms with E-state index in [1.54, 1.807) is 23.0 Å². The molecule has 2 fully saturated rings. The van der Waals surface area contributed by atoms with E-state index in [1.165, 1.54) is 4.68 Å². The third-order valence-corrected chi connectivity index (χ3v) is 9.21. The molecule has 0 saturated carbocycles. The fraction of sp³-hybridized carbons (Fsp3) is 0.429. The summed E-state index contributed by atoms with van der Waals surface area (Å²) < 4.78 is 27.6. The molecule has 3 heterocycles. The molecule has 2 aliphatic heterocycles. The Bertz CT molecular complexity index is 1690. The first-order chi connectivity index (χ1) is 23.3. The van der Waals surface area contributed by atoms with Crippen LogP contribution in [0.1, 0.15) is 31.9 Å². The van der Waals surface area contributed by atoms with Gasteiger partial charge in [-0.3, -0.25) is 4.90 Å². The molecule has 6 rings (SSSR count). The molecule has 0 spiro atoms. The zero-order chi connectivity index (χ0) is 33.5. The molecule has 2 saturated heterocycles. The number of benzene rings is 3. The molecule has 0 radical (unpaired) electrons. The predicted octanol–water partition coefficient (Wildman–Crippen LogP) is 5.82. The Balaban J connectivity index is 0.963. The number of rotatable bonds is 14. The number of anilines is 2. The van der Waals surface area contributed by atoms with Gasteiger partial charge in [-0.25, -0.2) is 14.0 Å². The van der Waals surface area contributed by atoms with Crippen LogP contribution in [0.25, 0.3) is 5.69 Å². The Hall–Kier alpha value is -3.58. The average Bonchev–Trinajstić information content (AvgIpc) is 3.70. The second kappa shape index (κ2) is 15.8. The van der Waals surface area contributed by atoms with Gasteiger partial charge in [0.2, 0.25) is 5.79 Å². The summed E-state index contributed by atoms with van der Waals surface area (Å²) in [6, 6.07) is 21.1. The van der Waals surface area contributed by atoms with E-state index in [2.05, 4.69) is 20.6 Å². The third kappa shape index (κ3) is 8.16. The molecule has 0 bridgehead atoms. The zero-order valence-corrected chi connectivity index (χ0v) is 28.8. The normalized spacial score (nSPS) is 20.5. The van der Waals surface area contributed by atoms with Crippen molar-refractivity contribution in [2.45, 2.75) is 38.2 Å². The lowest BCUT2D eigenvalue weighted by molar-refractivity contribution is -0.196. The average molecular weight is 698 g/mol. The van der Waals surface area contributed by atoms with Crippen LogP contribution >= 0.6 is 23.2 Å². The van der Waals surface area contributed by atoms with E-state index < -0.39 is 5.79 Å². The van der Waals surface area contributed by atoms with Crippen LogP contribution in [0.15, 0.2) is 77.9 Å². The molecule has 1 unspecified atom stereocenters. The molecule has 13 heteroatoms. The van der Waals surface area contributed by atoms with Gasteiger partial charge >= 0.3 is 5.69 Å². The Kier molecular flexibility index (Phi) is 11.3. The molecule has 3 aromatic carbocycles. The van der Waals surface area contributed by atoms with Gasteiger partial charge in [-0.1, -0.05) is 36.2 Å². The summed E-state index contributed by atoms with van der Waals surface area (Å²) in [6.07, 6.45) is 2.14. The van der Waals surface area contributed by atoms with Crippen molar-refractivity contribution >= 4 is 34.6 Å². The Labute approximate surface area is 290 Å². The van der Waals surface area contributed by atoms with Crippen molar-refractivity contribution < 1.29 is 18.9 Å². The monoisotopic (exact) mass is 696 g/mol. The smallest absolute Gasteiger partial charge is 0.350 e. The van der Waals surface area contributed by atoms with Crippen LogP contribution in [0.5, 0.6) is 5.75 Å². The zero-order valence-electron chi connectivity index (χ0n) is 27.2. The maximum absolute atomic E-state index is 12.7. The van der Waals surface area contributed by atoms with E-state index in [0.29, 0.717) is 49.6 Å². The fourth-order valence-corrected chi connectivity index (χ4v) is 6.34. The van der Waals surface area contributed by atoms with E-state index in [1.807, 2.05) is 68.4 Å². The van der Waals surface area contributed by atoms with E-state index in [4.69, 9.17) is 42.1 Å². The maximum atomic E-state index is 12.7. The lowest BCUT2D eigenvalue weighted by Crippen LogP contribution is -2.47. The lowest BCUT2D eigenvalue weighted by atomic mass is 10.0. The topological polar surface area (TPSA) is 104 Å². The minimum atomic E-state index is -1.02. The molecule has 11 nitrogen and oxygen atoms in total. The summed E-state index contributed by atoms with van der Waals surface area (Å²) in [5.74, 6) is -0.278. The molecule has 4 aromatic rings. The molecule has 256 valence electrons. The number of hydrogen-bond acceptors (Lipinski definition) is 9. The predicted molar refractivity (Wildman–Crippen MR) is 188 cm³/mol. The SMILES string of the molecule is CCC(C)n1ncn(-c2ccc(NCCNc3ccc(OC[C@@H]4CO[C@@](CN5CCOCC5)(c5ccc(Cl)cc5Cl)O4)cc3)cc2)c1=O. The molecule has 1 aromatic heterocycles. The molecule has 2 N–H and O–H groups in total. The summed E-state index contributed by atoms with van der Waals surface area (Å²) in [4.78, 5) is 14.9. The van der Waals surface area contributed by atoms with Crippen molar-refractivity contribution in [3.8, 4) is 11.4 Å². The van der Waals surface area contributed by atoms with Crippen molar-refractivity contribution in [2.24, 2.45) is 0 Å². The molecular weight excluding hydrogens is 655 g/mol. The third-order valence-electron chi connectivity index (χ3n) is 8.66. The highest BCUT2D eigenvalue weighted by Crippen LogP contribution is 2.40. The lowest BCUT2D eigenvalue weighted by Gasteiger charge is -2.36. The van der Waals surface area contributed by atoms with Gasteiger partial charge in [0.25, 0.3) is 0 Å². The van der Waals surface area contributed by atoms with Crippen LogP contribution in [0.2, 0.25) is 10.0 Å². The Morgan fingerprint density at radius 2 is 1.69 bits per heavy atom. The van der Waals surface area contributed by atoms with Crippen LogP contribution in [0.4, 0.5) is 11.4 Å². The molecule has 0 amide bonds. The second-order valence-corrected chi connectivity index (χ2v) is 12.9. The molecule has 0 aliphatic carbocycles. The number of morpholine rings is 1. The van der Waals surface area contributed by atoms with Crippen LogP contribution < -0.4 is 21.1 Å². The van der Waals surface area contributed by atoms with Crippen molar-refractivity contribution in [3.63, 3.8) is 0 Å². The van der Waals surface area contributed by atoms with Gasteiger partial charge in [0, 0.05) is 48.1 Å². The number of nitrogens with one attached hydrogen (secondary N) is 2. The number of ether oxygens (including phenoxy) is 4. The van der Waals surface area contributed by atoms with Crippen LogP contribution in [-0.4, -0.2) is 84.5 Å². The highest BCUT2D eigenvalue weighted by Gasteiger charge is 2.46. The van der Waals surface area contributed by atoms with Gasteiger partial charge in [-0.15, -0.1) is 0 Å². The minimum absolute atomic E-state index is 0.0613. The second-order valence-electron chi connectivity index (χ2n) is 12.0. The maximum Gasteiger partial charge on any atom is 0.350 e. The van der Waals surface area contributed by atoms with E-state index >= 15 is 0 Å². The number of halogens is 2. The van der Waals surface area contributed by atoms with Crippen LogP contribution in [0, 0.1) is 0 Å². The number of aromatic nitrogens is 3. The van der Waals surface area contributed by atoms with Crippen LogP contribution in [-0.2, 0) is 20.0 Å². The van der Waals surface area contributed by atoms with E-state index in [-0.39, 0.29) is 17.8 Å². The molecule has 3 atom stereocenters. The number of nitrogens with zero attached hydrogens (tertiary/aromatic N) is 4. The highest BCUT2D eigenvalue weighted by atomic mass is 35.5. The summed E-state index contributed by atoms with van der Waals surface area (Å²) in [5.41, 5.74) is 3.36. The summed E-state index contributed by atoms with van der Waals surface area (Å²) in [6.45, 7) is 9.62. The summed E-state index contributed by atoms with van der Waals surface area (Å²) in [5, 5.41) is 12.2. The minimum Gasteiger partial charge on any atom is -0.491 e. The van der Waals surface area contributed by atoms with Crippen molar-refractivity contribution in [3.05, 3.63) is 99.2 Å². The quantitative estimate of drug-likeness (QED) is 0.158. The summed E-state index contributed by atoms with van der Waals surface area (Å²) in [7, 11) is 0. The van der Waals surface area contributed by atoms with Gasteiger partial charge in [0.05, 0.1) is 43.1 Å². The van der Waals surface area contributed by atoms with Crippen molar-refractivity contribution in [1.29, 1.82) is 0 Å². The van der Waals surface area contributed by atoms with Gasteiger partial charge in [0.1, 0.15) is 24.8 Å². The highest BCUT2D eigenvalue weighted by molar-refractivity contribution is 6.35. The van der Waals surface area contributed by atoms with Crippen molar-refractivity contribution in [2.75, 3.05) is 69.8 Å². The van der Waals surface area contributed by atoms with Gasteiger partial charge in [-0.05, 0) is 74.0 Å². The first kappa shape index (κ1) is 34.3. The van der Waals surface area contributed by atoms with Gasteiger partial charge in [0.15, 0.2) is 0 Å². The Morgan fingerprint density at radius 1 is 1.00 bits per heavy atom. The molecule has 2 aliphatic rings. The van der Waals surface area contributed by atoms with Crippen molar-refractivity contribution in [1.82, 2.24) is 19.2 Å². The van der Waals surface area contributed by atoms with E-state index in [0.717, 1.165) is 54.4 Å². The summed E-state index contributed by atoms with van der Waals surface area (Å²) >= 11 is 12.8. The van der Waals surface area contributed by atoms with E-state index in [9.17, 15) is 4.79 Å². The first-order valence-electron chi connectivity index (χ1n) is 16.4. The Morgan fingerprint density at radius 3 is 2.35 bits per heavy atom. The fourth-order valence-electron chi connectivity index (χ4n) is 5.79. The molecule has 48 heavy (non-hydrogen) atoms. The van der Waals surface area contributed by atoms with Gasteiger partial charge < -0.3 is 29.6 Å². The first-order valence-corrected chi connectivity index (χ1v) is 17.1.